The first-order valence-electron chi connectivity index (χ1n) is 6.79. The van der Waals surface area contributed by atoms with E-state index in [0.29, 0.717) is 0 Å². The Morgan fingerprint density at radius 2 is 1.95 bits per heavy atom. The third kappa shape index (κ3) is 3.10. The summed E-state index contributed by atoms with van der Waals surface area (Å²) in [4.78, 5) is 25.6. The van der Waals surface area contributed by atoms with Crippen molar-refractivity contribution < 1.29 is 19.4 Å². The minimum atomic E-state index is -0.444. The number of phenolic OH excluding ortho intramolecular Hbond substituents is 1. The molecule has 20 heavy (non-hydrogen) atoms. The van der Waals surface area contributed by atoms with Crippen molar-refractivity contribution in [3.63, 3.8) is 0 Å². The van der Waals surface area contributed by atoms with Gasteiger partial charge in [-0.15, -0.1) is 0 Å². The molecule has 0 bridgehead atoms. The summed E-state index contributed by atoms with van der Waals surface area (Å²) < 4.78 is 4.66. The lowest BCUT2D eigenvalue weighted by Gasteiger charge is -2.28. The summed E-state index contributed by atoms with van der Waals surface area (Å²) in [6.45, 7) is -0.0751. The van der Waals surface area contributed by atoms with Crippen molar-refractivity contribution >= 4 is 11.9 Å². The molecule has 1 aliphatic carbocycles. The molecule has 2 rings (SSSR count). The molecule has 0 heterocycles. The second-order valence-corrected chi connectivity index (χ2v) is 4.96. The van der Waals surface area contributed by atoms with Crippen LogP contribution in [0.4, 0.5) is 0 Å². The average Bonchev–Trinajstić information content (AvgIpc) is 2.98. The van der Waals surface area contributed by atoms with Crippen molar-refractivity contribution in [1.29, 1.82) is 0 Å². The summed E-state index contributed by atoms with van der Waals surface area (Å²) in [6, 6.07) is 6.43. The van der Waals surface area contributed by atoms with E-state index in [-0.39, 0.29) is 29.8 Å². The fraction of sp³-hybridized carbons (Fsp3) is 0.467. The number of esters is 1. The van der Waals surface area contributed by atoms with Gasteiger partial charge in [0, 0.05) is 6.04 Å². The maximum absolute atomic E-state index is 12.6. The van der Waals surface area contributed by atoms with Crippen LogP contribution in [0, 0.1) is 0 Å². The van der Waals surface area contributed by atoms with Crippen LogP contribution < -0.4 is 0 Å². The monoisotopic (exact) mass is 277 g/mol. The quantitative estimate of drug-likeness (QED) is 0.854. The topological polar surface area (TPSA) is 66.8 Å². The van der Waals surface area contributed by atoms with Crippen molar-refractivity contribution in [2.75, 3.05) is 13.7 Å². The Kier molecular flexibility index (Phi) is 4.61. The average molecular weight is 277 g/mol. The molecule has 0 radical (unpaired) electrons. The largest absolute Gasteiger partial charge is 0.507 e. The predicted molar refractivity (Wildman–Crippen MR) is 73.4 cm³/mol. The molecule has 1 aromatic carbocycles. The molecule has 1 N–H and O–H groups in total. The van der Waals surface area contributed by atoms with Crippen LogP contribution in [0.2, 0.25) is 0 Å². The number of methoxy groups -OCH3 is 1. The van der Waals surface area contributed by atoms with Crippen LogP contribution in [0.3, 0.4) is 0 Å². The molecule has 5 heteroatoms. The van der Waals surface area contributed by atoms with E-state index in [4.69, 9.17) is 0 Å². The molecule has 0 aliphatic heterocycles. The van der Waals surface area contributed by atoms with E-state index >= 15 is 0 Å². The van der Waals surface area contributed by atoms with Gasteiger partial charge in [0.2, 0.25) is 0 Å². The zero-order valence-corrected chi connectivity index (χ0v) is 11.5. The lowest BCUT2D eigenvalue weighted by molar-refractivity contribution is -0.141. The molecule has 0 atom stereocenters. The normalized spacial score (nSPS) is 15.1. The lowest BCUT2D eigenvalue weighted by Crippen LogP contribution is -2.42. The number of benzene rings is 1. The lowest BCUT2D eigenvalue weighted by atomic mass is 10.1. The molecule has 1 aromatic rings. The standard InChI is InChI=1S/C15H19NO4/c1-20-14(18)10-16(11-6-2-3-7-11)15(19)12-8-4-5-9-13(12)17/h4-5,8-9,11,17H,2-3,6-7,10H2,1H3. The van der Waals surface area contributed by atoms with Gasteiger partial charge in [-0.25, -0.2) is 0 Å². The van der Waals surface area contributed by atoms with E-state index in [1.165, 1.54) is 18.1 Å². The van der Waals surface area contributed by atoms with Gasteiger partial charge in [0.05, 0.1) is 12.7 Å². The zero-order valence-electron chi connectivity index (χ0n) is 11.5. The molecule has 0 unspecified atom stereocenters. The Labute approximate surface area is 118 Å². The molecule has 1 saturated carbocycles. The molecule has 1 aliphatic rings. The van der Waals surface area contributed by atoms with Gasteiger partial charge < -0.3 is 14.7 Å². The predicted octanol–water partition coefficient (Wildman–Crippen LogP) is 1.95. The molecule has 1 fully saturated rings. The highest BCUT2D eigenvalue weighted by Gasteiger charge is 2.30. The summed E-state index contributed by atoms with van der Waals surface area (Å²) in [7, 11) is 1.31. The Balaban J connectivity index is 2.23. The summed E-state index contributed by atoms with van der Waals surface area (Å²) in [6.07, 6.45) is 3.87. The molecule has 1 amide bonds. The summed E-state index contributed by atoms with van der Waals surface area (Å²) in [5.41, 5.74) is 0.225. The Morgan fingerprint density at radius 1 is 1.30 bits per heavy atom. The van der Waals surface area contributed by atoms with Crippen LogP contribution in [-0.2, 0) is 9.53 Å². The van der Waals surface area contributed by atoms with Crippen molar-refractivity contribution in [3.8, 4) is 5.75 Å². The first-order valence-corrected chi connectivity index (χ1v) is 6.79. The van der Waals surface area contributed by atoms with Crippen molar-refractivity contribution in [3.05, 3.63) is 29.8 Å². The SMILES string of the molecule is COC(=O)CN(C(=O)c1ccccc1O)C1CCCC1. The first-order chi connectivity index (χ1) is 9.63. The maximum atomic E-state index is 12.6. The van der Waals surface area contributed by atoms with Gasteiger partial charge in [0.25, 0.3) is 5.91 Å². The van der Waals surface area contributed by atoms with E-state index in [1.54, 1.807) is 18.2 Å². The van der Waals surface area contributed by atoms with Gasteiger partial charge in [0.15, 0.2) is 0 Å². The summed E-state index contributed by atoms with van der Waals surface area (Å²) in [5, 5.41) is 9.80. The van der Waals surface area contributed by atoms with Crippen LogP contribution in [-0.4, -0.2) is 41.6 Å². The number of rotatable bonds is 4. The number of aromatic hydroxyl groups is 1. The Hall–Kier alpha value is -2.04. The van der Waals surface area contributed by atoms with Gasteiger partial charge >= 0.3 is 5.97 Å². The number of nitrogens with zero attached hydrogens (tertiary/aromatic N) is 1. The summed E-state index contributed by atoms with van der Waals surface area (Å²) >= 11 is 0. The molecule has 5 nitrogen and oxygen atoms in total. The minimum Gasteiger partial charge on any atom is -0.507 e. The number of amides is 1. The smallest absolute Gasteiger partial charge is 0.325 e. The third-order valence-electron chi connectivity index (χ3n) is 3.69. The highest BCUT2D eigenvalue weighted by atomic mass is 16.5. The van der Waals surface area contributed by atoms with Gasteiger partial charge in [-0.3, -0.25) is 9.59 Å². The number of ether oxygens (including phenoxy) is 1. The number of carbonyl (C=O) groups is 2. The Morgan fingerprint density at radius 3 is 2.55 bits per heavy atom. The van der Waals surface area contributed by atoms with E-state index in [0.717, 1.165) is 25.7 Å². The molecule has 0 spiro atoms. The fourth-order valence-corrected chi connectivity index (χ4v) is 2.60. The van der Waals surface area contributed by atoms with E-state index in [1.807, 2.05) is 0 Å². The van der Waals surface area contributed by atoms with Crippen molar-refractivity contribution in [2.45, 2.75) is 31.7 Å². The second kappa shape index (κ2) is 6.41. The molecular weight excluding hydrogens is 258 g/mol. The maximum Gasteiger partial charge on any atom is 0.325 e. The van der Waals surface area contributed by atoms with Crippen LogP contribution in [0.1, 0.15) is 36.0 Å². The van der Waals surface area contributed by atoms with Crippen LogP contribution in [0.15, 0.2) is 24.3 Å². The van der Waals surface area contributed by atoms with Gasteiger partial charge in [-0.05, 0) is 25.0 Å². The zero-order chi connectivity index (χ0) is 14.5. The number of phenols is 1. The van der Waals surface area contributed by atoms with E-state index < -0.39 is 5.97 Å². The number of carbonyl (C=O) groups excluding carboxylic acids is 2. The Bertz CT molecular complexity index is 494. The van der Waals surface area contributed by atoms with Crippen LogP contribution in [0.5, 0.6) is 5.75 Å². The number of hydrogen-bond donors (Lipinski definition) is 1. The van der Waals surface area contributed by atoms with Gasteiger partial charge in [-0.2, -0.15) is 0 Å². The van der Waals surface area contributed by atoms with Crippen LogP contribution in [0.25, 0.3) is 0 Å². The molecular formula is C15H19NO4. The van der Waals surface area contributed by atoms with Crippen molar-refractivity contribution in [2.24, 2.45) is 0 Å². The molecule has 0 aromatic heterocycles. The minimum absolute atomic E-state index is 0.0428. The van der Waals surface area contributed by atoms with Gasteiger partial charge in [0.1, 0.15) is 12.3 Å². The highest BCUT2D eigenvalue weighted by Crippen LogP contribution is 2.27. The summed E-state index contributed by atoms with van der Waals surface area (Å²) in [5.74, 6) is -0.827. The number of para-hydroxylation sites is 1. The van der Waals surface area contributed by atoms with Crippen LogP contribution >= 0.6 is 0 Å². The first kappa shape index (κ1) is 14.4. The highest BCUT2D eigenvalue weighted by molar-refractivity contribution is 5.98. The molecule has 0 saturated heterocycles. The van der Waals surface area contributed by atoms with E-state index in [9.17, 15) is 14.7 Å². The van der Waals surface area contributed by atoms with Gasteiger partial charge in [-0.1, -0.05) is 25.0 Å². The fourth-order valence-electron chi connectivity index (χ4n) is 2.60. The van der Waals surface area contributed by atoms with Crippen molar-refractivity contribution in [1.82, 2.24) is 4.90 Å². The molecule has 108 valence electrons. The van der Waals surface area contributed by atoms with E-state index in [2.05, 4.69) is 4.74 Å². The number of hydrogen-bond acceptors (Lipinski definition) is 4. The second-order valence-electron chi connectivity index (χ2n) is 4.96. The third-order valence-corrected chi connectivity index (χ3v) is 3.69.